The highest BCUT2D eigenvalue weighted by atomic mass is 32.2. The van der Waals surface area contributed by atoms with Crippen LogP contribution in [0.2, 0.25) is 0 Å². The minimum Gasteiger partial charge on any atom is -0.465 e. The molecule has 1 heterocycles. The summed E-state index contributed by atoms with van der Waals surface area (Å²) in [6.45, 7) is 2.07. The number of aryl methyl sites for hydroxylation is 1. The fraction of sp³-hybridized carbons (Fsp3) is 0.476. The van der Waals surface area contributed by atoms with Gasteiger partial charge < -0.3 is 10.1 Å². The number of aromatic nitrogens is 2. The highest BCUT2D eigenvalue weighted by Crippen LogP contribution is 2.32. The maximum atomic E-state index is 12.6. The molecule has 1 aliphatic rings. The molecule has 0 bridgehead atoms. The van der Waals surface area contributed by atoms with E-state index in [1.165, 1.54) is 49.3 Å². The maximum absolute atomic E-state index is 12.6. The van der Waals surface area contributed by atoms with Gasteiger partial charge in [-0.15, -0.1) is 11.8 Å². The third-order valence-corrected chi connectivity index (χ3v) is 6.46. The lowest BCUT2D eigenvalue weighted by atomic mass is 9.95. The summed E-state index contributed by atoms with van der Waals surface area (Å²) >= 11 is 3.03. The predicted octanol–water partition coefficient (Wildman–Crippen LogP) is 5.33. The first-order valence-corrected chi connectivity index (χ1v) is 11.8. The maximum Gasteiger partial charge on any atom is 0.344 e. The molecule has 1 N–H and O–H groups in total. The zero-order chi connectivity index (χ0) is 19.9. The van der Waals surface area contributed by atoms with Gasteiger partial charge in [0.15, 0.2) is 5.16 Å². The second-order valence-electron chi connectivity index (χ2n) is 6.98. The zero-order valence-electron chi connectivity index (χ0n) is 16.7. The molecule has 28 heavy (non-hydrogen) atoms. The first-order chi connectivity index (χ1) is 13.6. The monoisotopic (exact) mass is 417 g/mol. The van der Waals surface area contributed by atoms with Crippen molar-refractivity contribution < 1.29 is 9.53 Å². The number of nitrogens with one attached hydrogen (secondary N) is 1. The summed E-state index contributed by atoms with van der Waals surface area (Å²) in [6, 6.07) is 8.76. The van der Waals surface area contributed by atoms with Crippen LogP contribution >= 0.6 is 23.5 Å². The molecule has 7 heteroatoms. The Balaban J connectivity index is 1.90. The van der Waals surface area contributed by atoms with Gasteiger partial charge in [-0.05, 0) is 31.6 Å². The first kappa shape index (κ1) is 21.0. The molecule has 2 aromatic rings. The van der Waals surface area contributed by atoms with E-state index in [1.54, 1.807) is 11.8 Å². The number of carbonyl (C=O) groups excluding carboxylic acids is 1. The van der Waals surface area contributed by atoms with Crippen LogP contribution < -0.4 is 5.32 Å². The summed E-state index contributed by atoms with van der Waals surface area (Å²) in [5.41, 5.74) is 2.87. The van der Waals surface area contributed by atoms with Gasteiger partial charge in [0, 0.05) is 11.8 Å². The largest absolute Gasteiger partial charge is 0.465 e. The van der Waals surface area contributed by atoms with E-state index in [0.29, 0.717) is 27.6 Å². The number of anilines is 1. The average Bonchev–Trinajstić information content (AvgIpc) is 2.73. The number of carbonyl (C=O) groups is 1. The quantitative estimate of drug-likeness (QED) is 0.283. The Labute approximate surface area is 175 Å². The van der Waals surface area contributed by atoms with E-state index in [2.05, 4.69) is 46.5 Å². The Kier molecular flexibility index (Phi) is 7.62. The zero-order valence-corrected chi connectivity index (χ0v) is 18.3. The normalized spacial score (nSPS) is 14.7. The smallest absolute Gasteiger partial charge is 0.344 e. The highest BCUT2D eigenvalue weighted by Gasteiger charge is 2.24. The molecular formula is C21H27N3O2S2. The van der Waals surface area contributed by atoms with Crippen molar-refractivity contribution >= 4 is 35.3 Å². The van der Waals surface area contributed by atoms with E-state index in [1.807, 2.05) is 6.26 Å². The molecule has 150 valence electrons. The molecule has 5 nitrogen and oxygen atoms in total. The van der Waals surface area contributed by atoms with E-state index in [0.717, 1.165) is 18.6 Å². The molecule has 1 aromatic carbocycles. The molecule has 1 fully saturated rings. The first-order valence-electron chi connectivity index (χ1n) is 9.60. The van der Waals surface area contributed by atoms with Gasteiger partial charge in [0.1, 0.15) is 16.4 Å². The van der Waals surface area contributed by atoms with Crippen LogP contribution in [0.1, 0.15) is 53.6 Å². The second-order valence-corrected chi connectivity index (χ2v) is 8.72. The van der Waals surface area contributed by atoms with Crippen LogP contribution in [0, 0.1) is 6.92 Å². The summed E-state index contributed by atoms with van der Waals surface area (Å²) in [5.74, 6) is 0.944. The van der Waals surface area contributed by atoms with Crippen molar-refractivity contribution in [1.29, 1.82) is 0 Å². The minimum atomic E-state index is -0.391. The van der Waals surface area contributed by atoms with Crippen LogP contribution in [0.25, 0.3) is 0 Å². The number of rotatable bonds is 7. The molecule has 1 saturated carbocycles. The topological polar surface area (TPSA) is 64.1 Å². The molecule has 0 saturated heterocycles. The molecule has 0 atom stereocenters. The SMILES string of the molecule is COC(=O)c1c(NC2CCCCC2)nc(SC)nc1SCc1ccc(C)cc1. The van der Waals surface area contributed by atoms with Crippen LogP contribution in [-0.2, 0) is 10.5 Å². The number of methoxy groups -OCH3 is 1. The lowest BCUT2D eigenvalue weighted by Crippen LogP contribution is -2.25. The summed E-state index contributed by atoms with van der Waals surface area (Å²) in [4.78, 5) is 21.8. The lowest BCUT2D eigenvalue weighted by Gasteiger charge is -2.24. The molecule has 0 radical (unpaired) electrons. The standard InChI is InChI=1S/C21H27N3O2S2/c1-14-9-11-15(12-10-14)13-28-19-17(20(25)26-2)18(23-21(24-19)27-3)22-16-7-5-4-6-8-16/h9-12,16H,4-8,13H2,1-3H3,(H,22,23,24). The van der Waals surface area contributed by atoms with Crippen LogP contribution in [0.5, 0.6) is 0 Å². The summed E-state index contributed by atoms with van der Waals surface area (Å²) in [5, 5.41) is 4.84. The predicted molar refractivity (Wildman–Crippen MR) is 116 cm³/mol. The number of hydrogen-bond acceptors (Lipinski definition) is 7. The number of ether oxygens (including phenoxy) is 1. The minimum absolute atomic E-state index is 0.344. The summed E-state index contributed by atoms with van der Waals surface area (Å²) in [7, 11) is 1.41. The summed E-state index contributed by atoms with van der Waals surface area (Å²) < 4.78 is 5.07. The van der Waals surface area contributed by atoms with Crippen molar-refractivity contribution in [3.8, 4) is 0 Å². The third kappa shape index (κ3) is 5.41. The molecule has 0 unspecified atom stereocenters. The second kappa shape index (κ2) is 10.2. The van der Waals surface area contributed by atoms with Crippen LogP contribution in [0.15, 0.2) is 34.4 Å². The Morgan fingerprint density at radius 1 is 1.18 bits per heavy atom. The number of benzene rings is 1. The number of nitrogens with zero attached hydrogens (tertiary/aromatic N) is 2. The average molecular weight is 418 g/mol. The van der Waals surface area contributed by atoms with Gasteiger partial charge in [-0.3, -0.25) is 0 Å². The van der Waals surface area contributed by atoms with Crippen molar-refractivity contribution in [3.05, 3.63) is 41.0 Å². The fourth-order valence-corrected chi connectivity index (χ4v) is 4.68. The van der Waals surface area contributed by atoms with Gasteiger partial charge in [-0.25, -0.2) is 14.8 Å². The molecule has 3 rings (SSSR count). The molecule has 0 aliphatic heterocycles. The van der Waals surface area contributed by atoms with E-state index < -0.39 is 5.97 Å². The molecule has 1 aromatic heterocycles. The van der Waals surface area contributed by atoms with Crippen LogP contribution in [0.4, 0.5) is 5.82 Å². The number of hydrogen-bond donors (Lipinski definition) is 1. The molecular weight excluding hydrogens is 390 g/mol. The van der Waals surface area contributed by atoms with Crippen LogP contribution in [-0.4, -0.2) is 35.3 Å². The van der Waals surface area contributed by atoms with Crippen molar-refractivity contribution in [2.24, 2.45) is 0 Å². The Bertz CT molecular complexity index is 806. The van der Waals surface area contributed by atoms with Crippen molar-refractivity contribution in [2.45, 2.75) is 61.0 Å². The van der Waals surface area contributed by atoms with Gasteiger partial charge in [-0.2, -0.15) is 0 Å². The van der Waals surface area contributed by atoms with E-state index in [9.17, 15) is 4.79 Å². The molecule has 0 spiro atoms. The van der Waals surface area contributed by atoms with Gasteiger partial charge in [0.2, 0.25) is 0 Å². The molecule has 1 aliphatic carbocycles. The number of thioether (sulfide) groups is 2. The third-order valence-electron chi connectivity index (χ3n) is 4.87. The van der Waals surface area contributed by atoms with Gasteiger partial charge in [0.05, 0.1) is 7.11 Å². The van der Waals surface area contributed by atoms with Crippen LogP contribution in [0.3, 0.4) is 0 Å². The number of esters is 1. The van der Waals surface area contributed by atoms with Crippen molar-refractivity contribution in [1.82, 2.24) is 9.97 Å². The van der Waals surface area contributed by atoms with Gasteiger partial charge in [0.25, 0.3) is 0 Å². The van der Waals surface area contributed by atoms with Crippen molar-refractivity contribution in [3.63, 3.8) is 0 Å². The lowest BCUT2D eigenvalue weighted by molar-refractivity contribution is 0.0596. The van der Waals surface area contributed by atoms with Gasteiger partial charge >= 0.3 is 5.97 Å². The molecule has 0 amide bonds. The summed E-state index contributed by atoms with van der Waals surface area (Å²) in [6.07, 6.45) is 7.85. The van der Waals surface area contributed by atoms with Gasteiger partial charge in [-0.1, -0.05) is 60.9 Å². The van der Waals surface area contributed by atoms with Crippen molar-refractivity contribution in [2.75, 3.05) is 18.7 Å². The Morgan fingerprint density at radius 2 is 1.89 bits per heavy atom. The highest BCUT2D eigenvalue weighted by molar-refractivity contribution is 7.99. The fourth-order valence-electron chi connectivity index (χ4n) is 3.28. The van der Waals surface area contributed by atoms with E-state index in [-0.39, 0.29) is 0 Å². The Morgan fingerprint density at radius 3 is 2.54 bits per heavy atom. The van der Waals surface area contributed by atoms with E-state index in [4.69, 9.17) is 4.74 Å². The Hall–Kier alpha value is -1.73. The van der Waals surface area contributed by atoms with E-state index >= 15 is 0 Å².